The van der Waals surface area contributed by atoms with Crippen LogP contribution in [0.5, 0.6) is 11.5 Å². The first kappa shape index (κ1) is 26.0. The molecule has 0 aliphatic rings. The summed E-state index contributed by atoms with van der Waals surface area (Å²) in [4.78, 5) is 24.9. The van der Waals surface area contributed by atoms with Crippen LogP contribution in [0.15, 0.2) is 42.5 Å². The second-order valence-electron chi connectivity index (χ2n) is 7.37. The third-order valence-corrected chi connectivity index (χ3v) is 5.28. The SMILES string of the molecule is COC(=O)c1cc2c(CC(OC)OC)cc(OCc3ccccc3)c(OC)c2n1C(=O)C(F)(F)F. The van der Waals surface area contributed by atoms with Crippen LogP contribution in [0.4, 0.5) is 13.2 Å². The van der Waals surface area contributed by atoms with Crippen LogP contribution in [-0.4, -0.2) is 57.3 Å². The number of carbonyl (C=O) groups excluding carboxylic acids is 2. The number of methoxy groups -OCH3 is 4. The lowest BCUT2D eigenvalue weighted by Crippen LogP contribution is -2.31. The molecule has 0 amide bonds. The number of rotatable bonds is 9. The number of hydrogen-bond donors (Lipinski definition) is 0. The molecule has 188 valence electrons. The fourth-order valence-electron chi connectivity index (χ4n) is 3.64. The number of carbonyl (C=O) groups is 2. The van der Waals surface area contributed by atoms with Crippen molar-refractivity contribution in [3.05, 3.63) is 59.3 Å². The summed E-state index contributed by atoms with van der Waals surface area (Å²) in [5.41, 5.74) is 0.286. The Hall–Kier alpha value is -3.57. The average molecular weight is 495 g/mol. The van der Waals surface area contributed by atoms with Crippen LogP contribution in [0.25, 0.3) is 10.9 Å². The molecular weight excluding hydrogens is 471 g/mol. The van der Waals surface area contributed by atoms with Gasteiger partial charge in [-0.15, -0.1) is 0 Å². The van der Waals surface area contributed by atoms with Gasteiger partial charge in [0.05, 0.1) is 14.2 Å². The molecule has 1 heterocycles. The number of aromatic nitrogens is 1. The van der Waals surface area contributed by atoms with Crippen molar-refractivity contribution in [1.29, 1.82) is 0 Å². The highest BCUT2D eigenvalue weighted by atomic mass is 19.4. The van der Waals surface area contributed by atoms with Crippen molar-refractivity contribution in [1.82, 2.24) is 4.57 Å². The predicted molar refractivity (Wildman–Crippen MR) is 119 cm³/mol. The molecule has 0 saturated carbocycles. The minimum atomic E-state index is -5.29. The quantitative estimate of drug-likeness (QED) is 0.322. The van der Waals surface area contributed by atoms with Gasteiger partial charge in [-0.05, 0) is 23.3 Å². The average Bonchev–Trinajstić information content (AvgIpc) is 3.25. The number of benzene rings is 2. The summed E-state index contributed by atoms with van der Waals surface area (Å²) in [7, 11) is 5.03. The summed E-state index contributed by atoms with van der Waals surface area (Å²) in [6, 6.07) is 11.8. The summed E-state index contributed by atoms with van der Waals surface area (Å²) < 4.78 is 67.4. The lowest BCUT2D eigenvalue weighted by Gasteiger charge is -2.19. The predicted octanol–water partition coefficient (Wildman–Crippen LogP) is 4.38. The maximum Gasteiger partial charge on any atom is 0.472 e. The molecule has 0 atom stereocenters. The van der Waals surface area contributed by atoms with Crippen molar-refractivity contribution in [2.24, 2.45) is 0 Å². The maximum absolute atomic E-state index is 13.6. The standard InChI is InChI=1S/C24H24F3NO7/c1-31-19(32-2)11-15-10-18(35-13-14-8-6-5-7-9-14)21(33-3)20-16(15)12-17(22(29)34-4)28(20)23(30)24(25,26)27/h5-10,12,19H,11,13H2,1-4H3. The molecule has 2 aromatic carbocycles. The highest BCUT2D eigenvalue weighted by Gasteiger charge is 2.43. The van der Waals surface area contributed by atoms with E-state index in [1.807, 2.05) is 30.3 Å². The van der Waals surface area contributed by atoms with Crippen molar-refractivity contribution in [3.63, 3.8) is 0 Å². The highest BCUT2D eigenvalue weighted by molar-refractivity contribution is 6.07. The van der Waals surface area contributed by atoms with E-state index in [9.17, 15) is 22.8 Å². The smallest absolute Gasteiger partial charge is 0.472 e. The number of esters is 1. The summed E-state index contributed by atoms with van der Waals surface area (Å²) in [5.74, 6) is -3.50. The van der Waals surface area contributed by atoms with Crippen molar-refractivity contribution in [2.75, 3.05) is 28.4 Å². The van der Waals surface area contributed by atoms with E-state index < -0.39 is 30.0 Å². The van der Waals surface area contributed by atoms with Gasteiger partial charge in [0.15, 0.2) is 17.8 Å². The molecule has 1 aromatic heterocycles. The zero-order chi connectivity index (χ0) is 25.8. The van der Waals surface area contributed by atoms with Gasteiger partial charge in [-0.1, -0.05) is 30.3 Å². The number of ether oxygens (including phenoxy) is 5. The van der Waals surface area contributed by atoms with E-state index in [2.05, 4.69) is 4.74 Å². The minimum absolute atomic E-state index is 0.0653. The molecule has 0 aliphatic carbocycles. The molecule has 0 bridgehead atoms. The van der Waals surface area contributed by atoms with Gasteiger partial charge in [-0.2, -0.15) is 13.2 Å². The molecule has 3 rings (SSSR count). The van der Waals surface area contributed by atoms with Crippen molar-refractivity contribution < 1.29 is 46.4 Å². The molecule has 0 aliphatic heterocycles. The second-order valence-corrected chi connectivity index (χ2v) is 7.37. The Morgan fingerprint density at radius 2 is 1.66 bits per heavy atom. The number of hydrogen-bond acceptors (Lipinski definition) is 7. The third kappa shape index (κ3) is 5.41. The second kappa shape index (κ2) is 10.8. The fraction of sp³-hybridized carbons (Fsp3) is 0.333. The topological polar surface area (TPSA) is 85.2 Å². The zero-order valence-electron chi connectivity index (χ0n) is 19.5. The monoisotopic (exact) mass is 495 g/mol. The summed E-state index contributed by atoms with van der Waals surface area (Å²) >= 11 is 0. The molecule has 3 aromatic rings. The molecule has 11 heteroatoms. The first-order valence-corrected chi connectivity index (χ1v) is 10.3. The van der Waals surface area contributed by atoms with Crippen LogP contribution >= 0.6 is 0 Å². The van der Waals surface area contributed by atoms with E-state index in [4.69, 9.17) is 18.9 Å². The van der Waals surface area contributed by atoms with E-state index in [0.717, 1.165) is 18.7 Å². The molecule has 0 radical (unpaired) electrons. The summed E-state index contributed by atoms with van der Waals surface area (Å²) in [6.07, 6.45) is -5.99. The number of nitrogens with zero attached hydrogens (tertiary/aromatic N) is 1. The number of halogens is 3. The molecule has 0 N–H and O–H groups in total. The lowest BCUT2D eigenvalue weighted by atomic mass is 10.0. The van der Waals surface area contributed by atoms with Crippen molar-refractivity contribution in [3.8, 4) is 11.5 Å². The van der Waals surface area contributed by atoms with Gasteiger partial charge < -0.3 is 23.7 Å². The molecule has 0 fully saturated rings. The fourth-order valence-corrected chi connectivity index (χ4v) is 3.64. The van der Waals surface area contributed by atoms with Gasteiger partial charge in [-0.25, -0.2) is 4.79 Å². The highest BCUT2D eigenvalue weighted by Crippen LogP contribution is 2.42. The van der Waals surface area contributed by atoms with E-state index in [1.54, 1.807) is 6.07 Å². The van der Waals surface area contributed by atoms with Crippen LogP contribution in [0.2, 0.25) is 0 Å². The number of fused-ring (bicyclic) bond motifs is 1. The van der Waals surface area contributed by atoms with Gasteiger partial charge in [-0.3, -0.25) is 9.36 Å². The molecule has 0 saturated heterocycles. The Morgan fingerprint density at radius 1 is 1.00 bits per heavy atom. The molecule has 0 unspecified atom stereocenters. The Bertz CT molecular complexity index is 1200. The van der Waals surface area contributed by atoms with Crippen molar-refractivity contribution in [2.45, 2.75) is 25.5 Å². The van der Waals surface area contributed by atoms with E-state index in [1.165, 1.54) is 21.3 Å². The van der Waals surface area contributed by atoms with Gasteiger partial charge in [0.2, 0.25) is 0 Å². The summed E-state index contributed by atoms with van der Waals surface area (Å²) in [6.45, 7) is 0.0674. The van der Waals surface area contributed by atoms with Crippen LogP contribution in [0, 0.1) is 0 Å². The van der Waals surface area contributed by atoms with Gasteiger partial charge in [0.25, 0.3) is 0 Å². The molecule has 0 spiro atoms. The van der Waals surface area contributed by atoms with Crippen LogP contribution < -0.4 is 9.47 Å². The van der Waals surface area contributed by atoms with Crippen LogP contribution in [-0.2, 0) is 27.2 Å². The Morgan fingerprint density at radius 3 is 2.20 bits per heavy atom. The first-order valence-electron chi connectivity index (χ1n) is 10.3. The zero-order valence-corrected chi connectivity index (χ0v) is 19.5. The Balaban J connectivity index is 2.32. The molecule has 35 heavy (non-hydrogen) atoms. The third-order valence-electron chi connectivity index (χ3n) is 5.28. The summed E-state index contributed by atoms with van der Waals surface area (Å²) in [5, 5.41) is 0.144. The molecule has 8 nitrogen and oxygen atoms in total. The largest absolute Gasteiger partial charge is 0.491 e. The first-order chi connectivity index (χ1) is 16.7. The van der Waals surface area contributed by atoms with Crippen molar-refractivity contribution >= 4 is 22.8 Å². The van der Waals surface area contributed by atoms with Gasteiger partial charge >= 0.3 is 18.1 Å². The van der Waals surface area contributed by atoms with Crippen LogP contribution in [0.1, 0.15) is 26.4 Å². The van der Waals surface area contributed by atoms with Crippen LogP contribution in [0.3, 0.4) is 0 Å². The minimum Gasteiger partial charge on any atom is -0.491 e. The molecular formula is C24H24F3NO7. The Kier molecular flexibility index (Phi) is 8.03. The van der Waals surface area contributed by atoms with E-state index in [0.29, 0.717) is 5.56 Å². The van der Waals surface area contributed by atoms with E-state index >= 15 is 0 Å². The van der Waals surface area contributed by atoms with Gasteiger partial charge in [0.1, 0.15) is 17.8 Å². The normalized spacial score (nSPS) is 11.7. The number of alkyl halides is 3. The van der Waals surface area contributed by atoms with Gasteiger partial charge in [0, 0.05) is 26.0 Å². The maximum atomic E-state index is 13.6. The Labute approximate surface area is 199 Å². The lowest BCUT2D eigenvalue weighted by molar-refractivity contribution is -0.100. The van der Waals surface area contributed by atoms with E-state index in [-0.39, 0.29) is 40.0 Å².